The minimum atomic E-state index is -0.559. The number of ether oxygens (including phenoxy) is 3. The van der Waals surface area contributed by atoms with Crippen molar-refractivity contribution in [1.82, 2.24) is 4.90 Å². The molecule has 0 bridgehead atoms. The molecule has 0 saturated heterocycles. The maximum atomic E-state index is 13.0. The van der Waals surface area contributed by atoms with Gasteiger partial charge >= 0.3 is 17.9 Å². The van der Waals surface area contributed by atoms with Gasteiger partial charge in [-0.05, 0) is 74.8 Å². The summed E-state index contributed by atoms with van der Waals surface area (Å²) in [4.78, 5) is 39.3. The lowest BCUT2D eigenvalue weighted by Gasteiger charge is -2.60. The van der Waals surface area contributed by atoms with Crippen LogP contribution < -0.4 is 0 Å². The third-order valence-electron chi connectivity index (χ3n) is 10.1. The van der Waals surface area contributed by atoms with Crippen molar-refractivity contribution in [3.63, 3.8) is 0 Å². The van der Waals surface area contributed by atoms with E-state index in [1.165, 1.54) is 19.4 Å². The highest BCUT2D eigenvalue weighted by molar-refractivity contribution is 8.23. The van der Waals surface area contributed by atoms with Crippen LogP contribution in [-0.2, 0) is 35.1 Å². The van der Waals surface area contributed by atoms with Crippen molar-refractivity contribution in [2.24, 2.45) is 22.7 Å². The van der Waals surface area contributed by atoms with Crippen LogP contribution in [0.5, 0.6) is 0 Å². The van der Waals surface area contributed by atoms with Crippen LogP contribution in [0.2, 0.25) is 0 Å². The summed E-state index contributed by atoms with van der Waals surface area (Å²) in [5.74, 6) is -0.779. The predicted octanol–water partition coefficient (Wildman–Crippen LogP) is 7.04. The zero-order chi connectivity index (χ0) is 32.2. The second-order valence-electron chi connectivity index (χ2n) is 13.3. The summed E-state index contributed by atoms with van der Waals surface area (Å²) in [6.07, 6.45) is 5.38. The van der Waals surface area contributed by atoms with Gasteiger partial charge in [-0.2, -0.15) is 0 Å². The smallest absolute Gasteiger partial charge is 0.335 e. The quantitative estimate of drug-likeness (QED) is 0.116. The second-order valence-corrected chi connectivity index (χ2v) is 15.1. The maximum absolute atomic E-state index is 13.0. The third-order valence-corrected chi connectivity index (χ3v) is 11.7. The Morgan fingerprint density at radius 2 is 1.86 bits per heavy atom. The molecule has 7 nitrogen and oxygen atoms in total. The molecule has 0 unspecified atom stereocenters. The lowest BCUT2D eigenvalue weighted by atomic mass is 9.46. The number of carbonyl (C=O) groups is 3. The highest BCUT2D eigenvalue weighted by Gasteiger charge is 2.60. The van der Waals surface area contributed by atoms with Gasteiger partial charge < -0.3 is 19.1 Å². The largest absolute Gasteiger partial charge is 0.465 e. The van der Waals surface area contributed by atoms with Gasteiger partial charge in [0.15, 0.2) is 0 Å². The van der Waals surface area contributed by atoms with Gasteiger partial charge in [-0.25, -0.2) is 4.79 Å². The fraction of sp³-hybridized carbons (Fsp3) is 0.600. The molecule has 0 N–H and O–H groups in total. The minimum absolute atomic E-state index is 0.0763. The monoisotopic (exact) mass is 641 g/mol. The molecular formula is C35H47NO6S2. The van der Waals surface area contributed by atoms with Crippen LogP contribution in [-0.4, -0.2) is 57.7 Å². The van der Waals surface area contributed by atoms with Crippen LogP contribution in [0.3, 0.4) is 0 Å². The average Bonchev–Trinajstić information content (AvgIpc) is 3.39. The molecular weight excluding hydrogens is 595 g/mol. The average molecular weight is 642 g/mol. The molecule has 1 aliphatic heterocycles. The van der Waals surface area contributed by atoms with Crippen molar-refractivity contribution in [2.75, 3.05) is 13.2 Å². The Balaban J connectivity index is 1.65. The van der Waals surface area contributed by atoms with Crippen LogP contribution in [0.1, 0.15) is 79.2 Å². The van der Waals surface area contributed by atoms with E-state index in [1.807, 2.05) is 24.3 Å². The lowest BCUT2D eigenvalue weighted by molar-refractivity contribution is -0.191. The fourth-order valence-corrected chi connectivity index (χ4v) is 9.65. The Morgan fingerprint density at radius 3 is 2.45 bits per heavy atom. The molecule has 4 rings (SSSR count). The van der Waals surface area contributed by atoms with Gasteiger partial charge in [0.1, 0.15) is 23.6 Å². The van der Waals surface area contributed by atoms with Crippen molar-refractivity contribution < 1.29 is 28.6 Å². The number of fused-ring (bicyclic) bond motifs is 1. The molecule has 240 valence electrons. The molecule has 1 aromatic rings. The Bertz CT molecular complexity index is 1300. The first-order valence-electron chi connectivity index (χ1n) is 15.6. The number of thiocarbonyl (C=S) groups is 1. The summed E-state index contributed by atoms with van der Waals surface area (Å²) in [5.41, 5.74) is 2.23. The Kier molecular flexibility index (Phi) is 11.0. The zero-order valence-corrected chi connectivity index (χ0v) is 28.6. The number of rotatable bonds is 10. The van der Waals surface area contributed by atoms with Crippen molar-refractivity contribution >= 4 is 46.2 Å². The number of thioether (sulfide) groups is 1. The molecule has 6 atom stereocenters. The highest BCUT2D eigenvalue weighted by atomic mass is 32.2. The fourth-order valence-electron chi connectivity index (χ4n) is 7.77. The van der Waals surface area contributed by atoms with Gasteiger partial charge in [-0.1, -0.05) is 80.3 Å². The van der Waals surface area contributed by atoms with Gasteiger partial charge in [0.25, 0.3) is 0 Å². The number of nitrogens with zero attached hydrogens (tertiary/aromatic N) is 1. The molecule has 0 aromatic heterocycles. The first-order valence-corrected chi connectivity index (χ1v) is 16.9. The summed E-state index contributed by atoms with van der Waals surface area (Å²) in [7, 11) is 0. The minimum Gasteiger partial charge on any atom is -0.465 e. The molecule has 9 heteroatoms. The molecule has 1 aromatic carbocycles. The van der Waals surface area contributed by atoms with E-state index in [0.29, 0.717) is 25.0 Å². The Labute approximate surface area is 272 Å². The topological polar surface area (TPSA) is 82.1 Å². The number of benzene rings is 1. The molecule has 3 aliphatic rings. The van der Waals surface area contributed by atoms with Gasteiger partial charge in [0.05, 0.1) is 5.57 Å². The summed E-state index contributed by atoms with van der Waals surface area (Å²) in [6.45, 7) is 17.2. The van der Waals surface area contributed by atoms with Crippen LogP contribution in [0.25, 0.3) is 0 Å². The van der Waals surface area contributed by atoms with Crippen molar-refractivity contribution in [2.45, 2.75) is 97.6 Å². The lowest BCUT2D eigenvalue weighted by Crippen LogP contribution is -2.59. The van der Waals surface area contributed by atoms with E-state index >= 15 is 0 Å². The van der Waals surface area contributed by atoms with Gasteiger partial charge in [-0.3, -0.25) is 9.59 Å². The number of hydrogen-bond donors (Lipinski definition) is 0. The number of hydrogen-bond acceptors (Lipinski definition) is 8. The summed E-state index contributed by atoms with van der Waals surface area (Å²) in [5, 5.41) is -0.210. The zero-order valence-electron chi connectivity index (χ0n) is 26.9. The normalized spacial score (nSPS) is 28.9. The summed E-state index contributed by atoms with van der Waals surface area (Å²) >= 11 is 7.65. The molecule has 44 heavy (non-hydrogen) atoms. The predicted molar refractivity (Wildman–Crippen MR) is 178 cm³/mol. The van der Waals surface area contributed by atoms with Crippen LogP contribution in [0.4, 0.5) is 0 Å². The number of esters is 3. The Morgan fingerprint density at radius 1 is 1.16 bits per heavy atom. The first-order chi connectivity index (χ1) is 20.8. The van der Waals surface area contributed by atoms with E-state index < -0.39 is 5.41 Å². The number of cyclic esters (lactones) is 1. The van der Waals surface area contributed by atoms with E-state index in [1.54, 1.807) is 11.8 Å². The number of allylic oxidation sites excluding steroid dienone is 1. The molecule has 1 heterocycles. The van der Waals surface area contributed by atoms with Gasteiger partial charge in [0, 0.05) is 37.1 Å². The maximum Gasteiger partial charge on any atom is 0.335 e. The van der Waals surface area contributed by atoms with Crippen molar-refractivity contribution in [1.29, 1.82) is 0 Å². The van der Waals surface area contributed by atoms with Crippen molar-refractivity contribution in [3.8, 4) is 0 Å². The highest BCUT2D eigenvalue weighted by Crippen LogP contribution is 2.63. The Hall–Kier alpha value is -2.65. The molecule has 2 aliphatic carbocycles. The molecule has 2 saturated carbocycles. The van der Waals surface area contributed by atoms with E-state index in [9.17, 15) is 14.4 Å². The van der Waals surface area contributed by atoms with E-state index in [2.05, 4.69) is 51.3 Å². The van der Waals surface area contributed by atoms with Crippen LogP contribution in [0.15, 0.2) is 54.1 Å². The van der Waals surface area contributed by atoms with E-state index in [4.69, 9.17) is 26.4 Å². The standard InChI is InChI=1S/C35H47NO6S2/c1-22(2)36(20-26-11-9-8-10-12-26)33(43)44-29(27-16-18-40-32(27)39)19-28-23(3)13-14-30-34(28,6)17-15-31(42-25(5)38)35(30,7)21-41-24(4)37/h8-12,16,22,28-31H,3,13-15,17-21H2,1-2,4-7H3/t28-,29+,30+,31-,34+,35+/m1/s1. The van der Waals surface area contributed by atoms with E-state index in [0.717, 1.165) is 29.2 Å². The number of carbonyl (C=O) groups excluding carboxylic acids is 3. The van der Waals surface area contributed by atoms with Crippen molar-refractivity contribution in [3.05, 3.63) is 59.7 Å². The summed E-state index contributed by atoms with van der Waals surface area (Å²) in [6, 6.07) is 10.4. The SMILES string of the molecule is C=C1CC[C@@H]2[C@](C)(COC(C)=O)[C@H](OC(C)=O)CC[C@@]2(C)[C@@H]1C[C@H](SC(=S)N(Cc1ccccc1)C(C)C)C1=CCOC1=O. The van der Waals surface area contributed by atoms with Crippen LogP contribution >= 0.6 is 24.0 Å². The first kappa shape index (κ1) is 34.2. The van der Waals surface area contributed by atoms with Gasteiger partial charge in [-0.15, -0.1) is 0 Å². The van der Waals surface area contributed by atoms with Crippen LogP contribution in [0, 0.1) is 22.7 Å². The second kappa shape index (κ2) is 14.2. The summed E-state index contributed by atoms with van der Waals surface area (Å²) < 4.78 is 17.6. The third kappa shape index (κ3) is 7.41. The molecule has 0 radical (unpaired) electrons. The molecule has 2 fully saturated rings. The van der Waals surface area contributed by atoms with E-state index in [-0.39, 0.29) is 65.8 Å². The van der Waals surface area contributed by atoms with Gasteiger partial charge in [0.2, 0.25) is 0 Å². The molecule has 0 amide bonds. The molecule has 0 spiro atoms.